The van der Waals surface area contributed by atoms with E-state index in [1.165, 1.54) is 24.3 Å². The molecule has 190 valence electrons. The molecule has 10 nitrogen and oxygen atoms in total. The minimum absolute atomic E-state index is 0.0263. The Morgan fingerprint density at radius 3 is 2.44 bits per heavy atom. The van der Waals surface area contributed by atoms with Crippen LogP contribution in [-0.4, -0.2) is 47.2 Å². The molecule has 0 spiro atoms. The predicted molar refractivity (Wildman–Crippen MR) is 120 cm³/mol. The number of amides is 2. The number of hydrogen-bond donors (Lipinski definition) is 0. The average Bonchev–Trinajstić information content (AvgIpc) is 3.07. The molecule has 14 heteroatoms. The van der Waals surface area contributed by atoms with E-state index >= 15 is 0 Å². The van der Waals surface area contributed by atoms with Crippen molar-refractivity contribution in [1.29, 1.82) is 0 Å². The number of halogens is 3. The van der Waals surface area contributed by atoms with Crippen molar-refractivity contribution in [3.63, 3.8) is 0 Å². The first-order valence-electron chi connectivity index (χ1n) is 10.1. The lowest BCUT2D eigenvalue weighted by Crippen LogP contribution is -2.34. The highest BCUT2D eigenvalue weighted by Gasteiger charge is 2.37. The fourth-order valence-electron chi connectivity index (χ4n) is 2.99. The van der Waals surface area contributed by atoms with E-state index in [1.54, 1.807) is 6.92 Å². The quantitative estimate of drug-likeness (QED) is 0.202. The molecule has 2 aromatic rings. The first kappa shape index (κ1) is 26.5. The van der Waals surface area contributed by atoms with Gasteiger partial charge in [0, 0.05) is 6.07 Å². The molecular formula is C22H17F3N2O8S. The first-order valence-corrected chi connectivity index (χ1v) is 10.9. The van der Waals surface area contributed by atoms with Crippen molar-refractivity contribution in [3.05, 3.63) is 62.5 Å². The van der Waals surface area contributed by atoms with Gasteiger partial charge in [-0.1, -0.05) is 6.07 Å². The number of thioether (sulfide) groups is 1. The summed E-state index contributed by atoms with van der Waals surface area (Å²) in [6.45, 7) is 1.25. The van der Waals surface area contributed by atoms with Crippen molar-refractivity contribution in [2.24, 2.45) is 0 Å². The summed E-state index contributed by atoms with van der Waals surface area (Å²) in [5.74, 6) is -1.86. The number of ether oxygens (including phenoxy) is 3. The average molecular weight is 526 g/mol. The van der Waals surface area contributed by atoms with Gasteiger partial charge in [-0.05, 0) is 54.6 Å². The van der Waals surface area contributed by atoms with E-state index in [0.29, 0.717) is 29.5 Å². The zero-order valence-electron chi connectivity index (χ0n) is 18.7. The molecule has 1 heterocycles. The molecule has 0 saturated carbocycles. The van der Waals surface area contributed by atoms with Gasteiger partial charge in [-0.15, -0.1) is 0 Å². The van der Waals surface area contributed by atoms with E-state index in [1.807, 2.05) is 0 Å². The summed E-state index contributed by atoms with van der Waals surface area (Å²) in [6.07, 6.45) is -3.41. The highest BCUT2D eigenvalue weighted by atomic mass is 32.2. The molecule has 3 rings (SSSR count). The normalized spacial score (nSPS) is 14.8. The van der Waals surface area contributed by atoms with Crippen LogP contribution in [-0.2, 0) is 20.5 Å². The van der Waals surface area contributed by atoms with Crippen LogP contribution < -0.4 is 9.47 Å². The summed E-state index contributed by atoms with van der Waals surface area (Å²) in [4.78, 5) is 47.1. The summed E-state index contributed by atoms with van der Waals surface area (Å²) >= 11 is 0.615. The van der Waals surface area contributed by atoms with Crippen LogP contribution in [0.2, 0.25) is 0 Å². The molecule has 0 N–H and O–H groups in total. The number of imide groups is 1. The maximum absolute atomic E-state index is 13.0. The minimum Gasteiger partial charge on any atom is -0.490 e. The topological polar surface area (TPSA) is 125 Å². The molecule has 1 aliphatic heterocycles. The predicted octanol–water partition coefficient (Wildman–Crippen LogP) is 5.01. The van der Waals surface area contributed by atoms with Crippen LogP contribution in [0, 0.1) is 10.1 Å². The van der Waals surface area contributed by atoms with Gasteiger partial charge in [-0.2, -0.15) is 13.2 Å². The summed E-state index contributed by atoms with van der Waals surface area (Å²) in [5, 5.41) is 10.7. The Labute approximate surface area is 205 Å². The van der Waals surface area contributed by atoms with Gasteiger partial charge in [0.2, 0.25) is 5.75 Å². The second kappa shape index (κ2) is 10.7. The van der Waals surface area contributed by atoms with E-state index in [2.05, 4.69) is 4.74 Å². The minimum atomic E-state index is -4.78. The number of benzene rings is 2. The van der Waals surface area contributed by atoms with E-state index in [9.17, 15) is 37.7 Å². The molecule has 1 fully saturated rings. The number of alkyl halides is 3. The van der Waals surface area contributed by atoms with Crippen molar-refractivity contribution in [1.82, 2.24) is 4.90 Å². The Morgan fingerprint density at radius 2 is 1.83 bits per heavy atom. The smallest absolute Gasteiger partial charge is 0.416 e. The van der Waals surface area contributed by atoms with Crippen molar-refractivity contribution in [3.8, 4) is 17.2 Å². The van der Waals surface area contributed by atoms with Gasteiger partial charge in [-0.3, -0.25) is 29.4 Å². The number of hydrogen-bond acceptors (Lipinski definition) is 9. The van der Waals surface area contributed by atoms with Gasteiger partial charge in [0.05, 0.1) is 29.1 Å². The van der Waals surface area contributed by atoms with Gasteiger partial charge < -0.3 is 14.2 Å². The third-order valence-electron chi connectivity index (χ3n) is 4.66. The van der Waals surface area contributed by atoms with Crippen molar-refractivity contribution >= 4 is 40.6 Å². The summed E-state index contributed by atoms with van der Waals surface area (Å²) in [7, 11) is 1.12. The number of rotatable bonds is 8. The third kappa shape index (κ3) is 5.94. The summed E-state index contributed by atoms with van der Waals surface area (Å²) < 4.78 is 54.4. The number of methoxy groups -OCH3 is 1. The second-order valence-corrected chi connectivity index (χ2v) is 8.02. The third-order valence-corrected chi connectivity index (χ3v) is 5.56. The Balaban J connectivity index is 1.92. The monoisotopic (exact) mass is 526 g/mol. The van der Waals surface area contributed by atoms with E-state index in [4.69, 9.17) is 9.47 Å². The van der Waals surface area contributed by atoms with Gasteiger partial charge in [0.25, 0.3) is 11.1 Å². The van der Waals surface area contributed by atoms with Crippen molar-refractivity contribution in [2.45, 2.75) is 13.1 Å². The standard InChI is InChI=1S/C22H17F3N2O8S/c1-3-34-17-8-12(9-18-20(29)26(21(30)36-18)11-19(28)33-2)4-6-16(17)35-15-7-5-13(22(23,24)25)10-14(15)27(31)32/h4-10H,3,11H2,1-2H3. The molecule has 36 heavy (non-hydrogen) atoms. The lowest BCUT2D eigenvalue weighted by molar-refractivity contribution is -0.385. The fraction of sp³-hybridized carbons (Fsp3) is 0.227. The Morgan fingerprint density at radius 1 is 1.14 bits per heavy atom. The van der Waals surface area contributed by atoms with Gasteiger partial charge in [0.1, 0.15) is 6.54 Å². The summed E-state index contributed by atoms with van der Waals surface area (Å²) in [6, 6.07) is 6.07. The maximum Gasteiger partial charge on any atom is 0.416 e. The van der Waals surface area contributed by atoms with Crippen LogP contribution in [0.15, 0.2) is 41.3 Å². The van der Waals surface area contributed by atoms with E-state index in [-0.39, 0.29) is 23.0 Å². The Hall–Kier alpha value is -4.07. The largest absolute Gasteiger partial charge is 0.490 e. The van der Waals surface area contributed by atoms with Crippen LogP contribution in [0.3, 0.4) is 0 Å². The molecular weight excluding hydrogens is 509 g/mol. The highest BCUT2D eigenvalue weighted by Crippen LogP contribution is 2.41. The molecule has 0 aliphatic carbocycles. The zero-order valence-corrected chi connectivity index (χ0v) is 19.5. The van der Waals surface area contributed by atoms with E-state index < -0.39 is 51.8 Å². The molecule has 2 amide bonds. The van der Waals surface area contributed by atoms with Gasteiger partial charge in [-0.25, -0.2) is 0 Å². The Kier molecular flexibility index (Phi) is 7.87. The van der Waals surface area contributed by atoms with Crippen LogP contribution in [0.4, 0.5) is 23.7 Å². The Bertz CT molecular complexity index is 1260. The van der Waals surface area contributed by atoms with Gasteiger partial charge >= 0.3 is 17.8 Å². The maximum atomic E-state index is 13.0. The molecule has 0 bridgehead atoms. The fourth-order valence-corrected chi connectivity index (χ4v) is 3.83. The number of nitro benzene ring substituents is 1. The first-order chi connectivity index (χ1) is 16.9. The van der Waals surface area contributed by atoms with Crippen LogP contribution in [0.5, 0.6) is 17.2 Å². The molecule has 0 radical (unpaired) electrons. The zero-order chi connectivity index (χ0) is 26.6. The molecule has 0 unspecified atom stereocenters. The van der Waals surface area contributed by atoms with E-state index in [0.717, 1.165) is 18.1 Å². The number of carbonyl (C=O) groups excluding carboxylic acids is 3. The molecule has 1 aliphatic rings. The number of nitrogens with zero attached hydrogens (tertiary/aromatic N) is 2. The molecule has 0 aromatic heterocycles. The van der Waals surface area contributed by atoms with Crippen molar-refractivity contribution in [2.75, 3.05) is 20.3 Å². The highest BCUT2D eigenvalue weighted by molar-refractivity contribution is 8.18. The second-order valence-electron chi connectivity index (χ2n) is 7.02. The molecule has 0 atom stereocenters. The number of esters is 1. The number of carbonyl (C=O) groups is 3. The lowest BCUT2D eigenvalue weighted by atomic mass is 10.1. The van der Waals surface area contributed by atoms with Crippen molar-refractivity contribution < 1.29 is 46.7 Å². The van der Waals surface area contributed by atoms with Gasteiger partial charge in [0.15, 0.2) is 11.5 Å². The van der Waals surface area contributed by atoms with Crippen LogP contribution in [0.1, 0.15) is 18.1 Å². The SMILES string of the molecule is CCOc1cc(C=C2SC(=O)N(CC(=O)OC)C2=O)ccc1Oc1ccc(C(F)(F)F)cc1[N+](=O)[O-]. The molecule has 1 saturated heterocycles. The summed E-state index contributed by atoms with van der Waals surface area (Å²) in [5.41, 5.74) is -1.71. The molecule has 2 aromatic carbocycles. The number of nitro groups is 1. The van der Waals surface area contributed by atoms with Crippen LogP contribution in [0.25, 0.3) is 6.08 Å². The van der Waals surface area contributed by atoms with Crippen LogP contribution >= 0.6 is 11.8 Å². The lowest BCUT2D eigenvalue weighted by Gasteiger charge is -2.14.